The molecule has 0 saturated carbocycles. The minimum Gasteiger partial charge on any atom is -0.510 e. The molecule has 0 spiro atoms. The molecule has 3 aromatic rings. The number of aliphatic hydroxyl groups excluding tert-OH is 1. The van der Waals surface area contributed by atoms with Crippen LogP contribution in [0.2, 0.25) is 0 Å². The molecule has 0 unspecified atom stereocenters. The fourth-order valence-electron chi connectivity index (χ4n) is 2.28. The lowest BCUT2D eigenvalue weighted by Crippen LogP contribution is -2.14. The molecule has 0 aliphatic rings. The Morgan fingerprint density at radius 2 is 1.92 bits per heavy atom. The second-order valence-corrected chi connectivity index (χ2v) is 5.52. The van der Waals surface area contributed by atoms with E-state index in [-0.39, 0.29) is 17.1 Å². The highest BCUT2D eigenvalue weighted by molar-refractivity contribution is 6.03. The summed E-state index contributed by atoms with van der Waals surface area (Å²) in [4.78, 5) is 28.8. The number of aromatic nitrogens is 2. The van der Waals surface area contributed by atoms with Crippen LogP contribution in [0.4, 0.5) is 17.1 Å². The van der Waals surface area contributed by atoms with Crippen molar-refractivity contribution in [3.8, 4) is 0 Å². The third-order valence-electron chi connectivity index (χ3n) is 3.47. The number of imidazole rings is 1. The summed E-state index contributed by atoms with van der Waals surface area (Å²) in [6.45, 7) is 1.33. The molecule has 9 heteroatoms. The molecule has 1 aromatic heterocycles. The van der Waals surface area contributed by atoms with Gasteiger partial charge in [-0.2, -0.15) is 5.11 Å². The third kappa shape index (κ3) is 3.78. The van der Waals surface area contributed by atoms with E-state index in [9.17, 15) is 14.7 Å². The van der Waals surface area contributed by atoms with Crippen molar-refractivity contribution >= 4 is 34.0 Å². The SMILES string of the molecule is CC(O)=C(N=Nc1ccc2[nH]c(=O)[nH]c2c1)C(=O)Nc1cccc(N)c1. The molecular weight excluding hydrogens is 336 g/mol. The van der Waals surface area contributed by atoms with Gasteiger partial charge in [0.1, 0.15) is 5.76 Å². The van der Waals surface area contributed by atoms with E-state index in [0.29, 0.717) is 28.1 Å². The number of amides is 1. The van der Waals surface area contributed by atoms with E-state index in [0.717, 1.165) is 0 Å². The molecule has 0 radical (unpaired) electrons. The highest BCUT2D eigenvalue weighted by Gasteiger charge is 2.13. The number of H-pyrrole nitrogens is 2. The quantitative estimate of drug-likeness (QED) is 0.212. The molecule has 132 valence electrons. The van der Waals surface area contributed by atoms with Gasteiger partial charge in [-0.05, 0) is 43.3 Å². The van der Waals surface area contributed by atoms with Crippen molar-refractivity contribution in [2.24, 2.45) is 10.2 Å². The highest BCUT2D eigenvalue weighted by atomic mass is 16.3. The van der Waals surface area contributed by atoms with Crippen molar-refractivity contribution in [3.63, 3.8) is 0 Å². The van der Waals surface area contributed by atoms with E-state index >= 15 is 0 Å². The molecule has 2 aromatic carbocycles. The molecule has 9 nitrogen and oxygen atoms in total. The van der Waals surface area contributed by atoms with E-state index in [1.54, 1.807) is 42.5 Å². The van der Waals surface area contributed by atoms with Crippen LogP contribution < -0.4 is 16.7 Å². The molecule has 1 heterocycles. The Hall–Kier alpha value is -3.88. The minimum atomic E-state index is -0.629. The number of fused-ring (bicyclic) bond motifs is 1. The van der Waals surface area contributed by atoms with Crippen LogP contribution in [-0.2, 0) is 4.79 Å². The zero-order valence-electron chi connectivity index (χ0n) is 13.8. The number of rotatable bonds is 4. The Labute approximate surface area is 147 Å². The van der Waals surface area contributed by atoms with Crippen molar-refractivity contribution in [2.75, 3.05) is 11.1 Å². The van der Waals surface area contributed by atoms with Crippen LogP contribution in [0, 0.1) is 0 Å². The van der Waals surface area contributed by atoms with E-state index in [2.05, 4.69) is 25.5 Å². The van der Waals surface area contributed by atoms with Crippen LogP contribution in [0.5, 0.6) is 0 Å². The summed E-state index contributed by atoms with van der Waals surface area (Å²) in [6.07, 6.45) is 0. The smallest absolute Gasteiger partial charge is 0.323 e. The molecular formula is C17H16N6O3. The van der Waals surface area contributed by atoms with Gasteiger partial charge in [-0.15, -0.1) is 5.11 Å². The molecule has 0 aliphatic heterocycles. The van der Waals surface area contributed by atoms with Crippen molar-refractivity contribution in [2.45, 2.75) is 6.92 Å². The van der Waals surface area contributed by atoms with Gasteiger partial charge in [-0.3, -0.25) is 4.79 Å². The molecule has 1 amide bonds. The topological polar surface area (TPSA) is 149 Å². The minimum absolute atomic E-state index is 0.241. The molecule has 6 N–H and O–H groups in total. The van der Waals surface area contributed by atoms with Gasteiger partial charge in [0.25, 0.3) is 5.91 Å². The summed E-state index contributed by atoms with van der Waals surface area (Å²) in [5.41, 5.74) is 7.65. The second-order valence-electron chi connectivity index (χ2n) is 5.52. The number of benzene rings is 2. The molecule has 0 atom stereocenters. The maximum atomic E-state index is 12.3. The Morgan fingerprint density at radius 1 is 1.15 bits per heavy atom. The maximum Gasteiger partial charge on any atom is 0.323 e. The lowest BCUT2D eigenvalue weighted by Gasteiger charge is -2.06. The molecule has 0 bridgehead atoms. The summed E-state index contributed by atoms with van der Waals surface area (Å²) in [5.74, 6) is -0.915. The fraction of sp³-hybridized carbons (Fsp3) is 0.0588. The first-order valence-corrected chi connectivity index (χ1v) is 7.63. The van der Waals surface area contributed by atoms with Gasteiger partial charge in [-0.25, -0.2) is 4.79 Å². The van der Waals surface area contributed by atoms with E-state index in [4.69, 9.17) is 5.73 Å². The number of allylic oxidation sites excluding steroid dienone is 1. The number of aromatic amines is 2. The number of carbonyl (C=O) groups excluding carboxylic acids is 1. The normalized spacial score (nSPS) is 12.3. The number of nitrogens with zero attached hydrogens (tertiary/aromatic N) is 2. The Kier molecular flexibility index (Phi) is 4.52. The molecule has 0 fully saturated rings. The van der Waals surface area contributed by atoms with Gasteiger partial charge in [-0.1, -0.05) is 6.07 Å². The highest BCUT2D eigenvalue weighted by Crippen LogP contribution is 2.20. The van der Waals surface area contributed by atoms with E-state index < -0.39 is 5.91 Å². The number of anilines is 2. The predicted molar refractivity (Wildman–Crippen MR) is 98.2 cm³/mol. The van der Waals surface area contributed by atoms with Crippen LogP contribution in [0.3, 0.4) is 0 Å². The van der Waals surface area contributed by atoms with Gasteiger partial charge < -0.3 is 26.1 Å². The monoisotopic (exact) mass is 352 g/mol. The lowest BCUT2D eigenvalue weighted by atomic mass is 10.2. The van der Waals surface area contributed by atoms with Gasteiger partial charge in [0.2, 0.25) is 0 Å². The number of hydrogen-bond acceptors (Lipinski definition) is 6. The second kappa shape index (κ2) is 6.93. The zero-order chi connectivity index (χ0) is 18.7. The van der Waals surface area contributed by atoms with Gasteiger partial charge in [0.05, 0.1) is 16.7 Å². The Balaban J connectivity index is 1.83. The fourth-order valence-corrected chi connectivity index (χ4v) is 2.28. The average Bonchev–Trinajstić information content (AvgIpc) is 2.94. The first-order valence-electron chi connectivity index (χ1n) is 7.63. The number of nitrogens with two attached hydrogens (primary N) is 1. The van der Waals surface area contributed by atoms with Crippen LogP contribution >= 0.6 is 0 Å². The lowest BCUT2D eigenvalue weighted by molar-refractivity contribution is -0.113. The third-order valence-corrected chi connectivity index (χ3v) is 3.47. The Bertz CT molecular complexity index is 1090. The van der Waals surface area contributed by atoms with Crippen molar-refractivity contribution in [1.29, 1.82) is 0 Å². The van der Waals surface area contributed by atoms with Crippen molar-refractivity contribution in [3.05, 3.63) is 64.4 Å². The van der Waals surface area contributed by atoms with Crippen molar-refractivity contribution < 1.29 is 9.90 Å². The maximum absolute atomic E-state index is 12.3. The number of carbonyl (C=O) groups is 1. The summed E-state index contributed by atoms with van der Waals surface area (Å²) in [7, 11) is 0. The average molecular weight is 352 g/mol. The van der Waals surface area contributed by atoms with Gasteiger partial charge >= 0.3 is 5.69 Å². The molecule has 0 aliphatic carbocycles. The summed E-state index contributed by atoms with van der Waals surface area (Å²) >= 11 is 0. The summed E-state index contributed by atoms with van der Waals surface area (Å²) < 4.78 is 0. The van der Waals surface area contributed by atoms with Gasteiger partial charge in [0.15, 0.2) is 5.70 Å². The van der Waals surface area contributed by atoms with Crippen LogP contribution in [0.25, 0.3) is 11.0 Å². The predicted octanol–water partition coefficient (Wildman–Crippen LogP) is 2.95. The van der Waals surface area contributed by atoms with Crippen molar-refractivity contribution in [1.82, 2.24) is 9.97 Å². The molecule has 26 heavy (non-hydrogen) atoms. The standard InChI is InChI=1S/C17H16N6O3/c1-9(24)15(16(25)19-11-4-2-3-10(18)7-11)23-22-12-5-6-13-14(8-12)21-17(26)20-13/h2-8,24H,18H2,1H3,(H,19,25)(H2,20,21,26). The largest absolute Gasteiger partial charge is 0.510 e. The van der Waals surface area contributed by atoms with Crippen LogP contribution in [-0.4, -0.2) is 21.0 Å². The summed E-state index contributed by atoms with van der Waals surface area (Å²) in [5, 5.41) is 20.1. The number of aliphatic hydroxyl groups is 1. The first-order chi connectivity index (χ1) is 12.4. The van der Waals surface area contributed by atoms with Gasteiger partial charge in [0, 0.05) is 11.4 Å². The number of nitrogen functional groups attached to an aromatic ring is 1. The van der Waals surface area contributed by atoms with E-state index in [1.807, 2.05) is 0 Å². The number of hydrogen-bond donors (Lipinski definition) is 5. The zero-order valence-corrected chi connectivity index (χ0v) is 13.8. The molecule has 3 rings (SSSR count). The van der Waals surface area contributed by atoms with E-state index in [1.165, 1.54) is 6.92 Å². The first kappa shape index (κ1) is 17.0. The Morgan fingerprint density at radius 3 is 2.65 bits per heavy atom. The molecule has 0 saturated heterocycles. The van der Waals surface area contributed by atoms with Crippen LogP contribution in [0.1, 0.15) is 6.92 Å². The number of nitrogens with one attached hydrogen (secondary N) is 3. The summed E-state index contributed by atoms with van der Waals surface area (Å²) in [6, 6.07) is 11.5. The number of azo groups is 1. The van der Waals surface area contributed by atoms with Crippen LogP contribution in [0.15, 0.2) is 68.9 Å².